The molecule has 3 unspecified atom stereocenters. The fourth-order valence-electron chi connectivity index (χ4n) is 2.51. The third kappa shape index (κ3) is 2.20. The quantitative estimate of drug-likeness (QED) is 0.774. The average Bonchev–Trinajstić information content (AvgIpc) is 2.98. The zero-order chi connectivity index (χ0) is 11.7. The van der Waals surface area contributed by atoms with Gasteiger partial charge in [0.1, 0.15) is 6.04 Å². The number of hydrogen-bond donors (Lipinski definition) is 1. The van der Waals surface area contributed by atoms with Gasteiger partial charge in [-0.25, -0.2) is 4.79 Å². The first kappa shape index (κ1) is 11.4. The third-order valence-electron chi connectivity index (χ3n) is 3.75. The van der Waals surface area contributed by atoms with Gasteiger partial charge >= 0.3 is 5.97 Å². The first-order valence-corrected chi connectivity index (χ1v) is 6.14. The summed E-state index contributed by atoms with van der Waals surface area (Å²) in [5, 5.41) is 9.16. The molecule has 16 heavy (non-hydrogen) atoms. The van der Waals surface area contributed by atoms with Crippen LogP contribution < -0.4 is 0 Å². The Bertz CT molecular complexity index is 303. The van der Waals surface area contributed by atoms with Crippen LogP contribution in [-0.4, -0.2) is 34.5 Å². The number of aliphatic carboxylic acids is 1. The lowest BCUT2D eigenvalue weighted by Gasteiger charge is -2.27. The van der Waals surface area contributed by atoms with Gasteiger partial charge in [-0.15, -0.1) is 0 Å². The fraction of sp³-hybridized carbons (Fsp3) is 0.833. The lowest BCUT2D eigenvalue weighted by Crippen LogP contribution is -2.45. The summed E-state index contributed by atoms with van der Waals surface area (Å²) in [6, 6.07) is -0.581. The first-order valence-electron chi connectivity index (χ1n) is 6.14. The van der Waals surface area contributed by atoms with E-state index in [9.17, 15) is 9.59 Å². The van der Waals surface area contributed by atoms with Crippen molar-refractivity contribution in [3.63, 3.8) is 0 Å². The van der Waals surface area contributed by atoms with Gasteiger partial charge in [0.15, 0.2) is 0 Å². The largest absolute Gasteiger partial charge is 0.480 e. The van der Waals surface area contributed by atoms with Crippen molar-refractivity contribution in [2.75, 3.05) is 6.54 Å². The number of carboxylic acid groups (broad SMARTS) is 1. The van der Waals surface area contributed by atoms with Gasteiger partial charge in [-0.05, 0) is 25.2 Å². The highest BCUT2D eigenvalue weighted by atomic mass is 16.4. The van der Waals surface area contributed by atoms with E-state index in [0.717, 1.165) is 25.7 Å². The predicted octanol–water partition coefficient (Wildman–Crippen LogP) is 1.50. The average molecular weight is 225 g/mol. The topological polar surface area (TPSA) is 57.6 Å². The number of carbonyl (C=O) groups is 2. The zero-order valence-electron chi connectivity index (χ0n) is 9.69. The molecule has 1 aliphatic heterocycles. The van der Waals surface area contributed by atoms with Crippen LogP contribution in [-0.2, 0) is 9.59 Å². The second-order valence-corrected chi connectivity index (χ2v) is 5.05. The van der Waals surface area contributed by atoms with Crippen LogP contribution in [0.4, 0.5) is 0 Å². The van der Waals surface area contributed by atoms with Gasteiger partial charge in [0, 0.05) is 12.5 Å². The Balaban J connectivity index is 2.07. The van der Waals surface area contributed by atoms with Crippen molar-refractivity contribution in [2.45, 2.75) is 45.1 Å². The first-order chi connectivity index (χ1) is 7.61. The zero-order valence-corrected chi connectivity index (χ0v) is 9.69. The van der Waals surface area contributed by atoms with Crippen molar-refractivity contribution in [3.8, 4) is 0 Å². The molecule has 1 amide bonds. The molecule has 0 aromatic carbocycles. The number of hydrogen-bond acceptors (Lipinski definition) is 2. The maximum Gasteiger partial charge on any atom is 0.326 e. The van der Waals surface area contributed by atoms with E-state index in [4.69, 9.17) is 5.11 Å². The van der Waals surface area contributed by atoms with Crippen molar-refractivity contribution in [1.82, 2.24) is 4.90 Å². The van der Waals surface area contributed by atoms with E-state index in [-0.39, 0.29) is 11.8 Å². The Morgan fingerprint density at radius 2 is 1.94 bits per heavy atom. The molecule has 2 fully saturated rings. The Morgan fingerprint density at radius 1 is 1.25 bits per heavy atom. The highest BCUT2D eigenvalue weighted by molar-refractivity contribution is 5.86. The van der Waals surface area contributed by atoms with Gasteiger partial charge in [-0.1, -0.05) is 19.8 Å². The van der Waals surface area contributed by atoms with Crippen molar-refractivity contribution in [2.24, 2.45) is 11.8 Å². The number of likely N-dealkylation sites (tertiary alicyclic amines) is 1. The minimum absolute atomic E-state index is 0.0711. The fourth-order valence-corrected chi connectivity index (χ4v) is 2.51. The Morgan fingerprint density at radius 3 is 2.50 bits per heavy atom. The van der Waals surface area contributed by atoms with Crippen molar-refractivity contribution in [1.29, 1.82) is 0 Å². The van der Waals surface area contributed by atoms with Crippen molar-refractivity contribution >= 4 is 11.9 Å². The monoisotopic (exact) mass is 225 g/mol. The lowest BCUT2D eigenvalue weighted by atomic mass is 10.1. The molecular weight excluding hydrogens is 206 g/mol. The van der Waals surface area contributed by atoms with Crippen molar-refractivity contribution in [3.05, 3.63) is 0 Å². The summed E-state index contributed by atoms with van der Waals surface area (Å²) < 4.78 is 0. The number of nitrogens with zero attached hydrogens (tertiary/aromatic N) is 1. The highest BCUT2D eigenvalue weighted by Gasteiger charge is 2.44. The van der Waals surface area contributed by atoms with Crippen molar-refractivity contribution < 1.29 is 14.7 Å². The molecule has 2 rings (SSSR count). The predicted molar refractivity (Wildman–Crippen MR) is 58.9 cm³/mol. The van der Waals surface area contributed by atoms with Crippen LogP contribution in [0.25, 0.3) is 0 Å². The van der Waals surface area contributed by atoms with Gasteiger partial charge < -0.3 is 10.0 Å². The summed E-state index contributed by atoms with van der Waals surface area (Å²) in [6.45, 7) is 2.68. The van der Waals surface area contributed by atoms with Crippen LogP contribution in [0, 0.1) is 11.8 Å². The smallest absolute Gasteiger partial charge is 0.326 e. The van der Waals surface area contributed by atoms with E-state index in [0.29, 0.717) is 18.9 Å². The van der Waals surface area contributed by atoms with Crippen LogP contribution in [0.15, 0.2) is 0 Å². The highest BCUT2D eigenvalue weighted by Crippen LogP contribution is 2.40. The second kappa shape index (κ2) is 4.44. The normalized spacial score (nSPS) is 34.3. The van der Waals surface area contributed by atoms with Crippen LogP contribution in [0.2, 0.25) is 0 Å². The van der Waals surface area contributed by atoms with Gasteiger partial charge in [-0.3, -0.25) is 4.79 Å². The van der Waals surface area contributed by atoms with Gasteiger partial charge in [0.25, 0.3) is 0 Å². The van der Waals surface area contributed by atoms with Crippen LogP contribution in [0.3, 0.4) is 0 Å². The number of carbonyl (C=O) groups excluding carboxylic acids is 1. The van der Waals surface area contributed by atoms with Gasteiger partial charge in [0.2, 0.25) is 5.91 Å². The Kier molecular flexibility index (Phi) is 3.17. The minimum Gasteiger partial charge on any atom is -0.480 e. The summed E-state index contributed by atoms with van der Waals surface area (Å²) in [5.74, 6) is -0.226. The van der Waals surface area contributed by atoms with E-state index < -0.39 is 12.0 Å². The molecule has 0 aromatic heterocycles. The molecule has 1 heterocycles. The molecule has 0 radical (unpaired) electrons. The minimum atomic E-state index is -0.844. The third-order valence-corrected chi connectivity index (χ3v) is 3.75. The number of amides is 1. The molecule has 2 aliphatic rings. The standard InChI is InChI=1S/C12H19NO3/c1-8-7-9(8)11(14)13-6-4-2-3-5-10(13)12(15)16/h8-10H,2-7H2,1H3,(H,15,16). The summed E-state index contributed by atoms with van der Waals surface area (Å²) in [5.41, 5.74) is 0. The van der Waals surface area contributed by atoms with E-state index in [2.05, 4.69) is 6.92 Å². The summed E-state index contributed by atoms with van der Waals surface area (Å²) in [4.78, 5) is 24.9. The Hall–Kier alpha value is -1.06. The molecule has 1 saturated carbocycles. The molecule has 3 atom stereocenters. The van der Waals surface area contributed by atoms with E-state index in [1.807, 2.05) is 0 Å². The Labute approximate surface area is 95.6 Å². The molecule has 4 nitrogen and oxygen atoms in total. The number of carboxylic acids is 1. The SMILES string of the molecule is CC1CC1C(=O)N1CCCCCC1C(=O)O. The summed E-state index contributed by atoms with van der Waals surface area (Å²) >= 11 is 0. The van der Waals surface area contributed by atoms with E-state index in [1.165, 1.54) is 0 Å². The van der Waals surface area contributed by atoms with E-state index >= 15 is 0 Å². The van der Waals surface area contributed by atoms with Gasteiger partial charge in [0.05, 0.1) is 0 Å². The van der Waals surface area contributed by atoms with Crippen LogP contribution in [0.1, 0.15) is 39.0 Å². The van der Waals surface area contributed by atoms with E-state index in [1.54, 1.807) is 4.90 Å². The van der Waals surface area contributed by atoms with Crippen LogP contribution >= 0.6 is 0 Å². The molecule has 0 spiro atoms. The lowest BCUT2D eigenvalue weighted by molar-refractivity contribution is -0.150. The molecule has 0 bridgehead atoms. The summed E-state index contributed by atoms with van der Waals surface area (Å²) in [7, 11) is 0. The molecule has 1 aliphatic carbocycles. The molecule has 0 aromatic rings. The molecule has 1 saturated heterocycles. The molecule has 1 N–H and O–H groups in total. The molecular formula is C12H19NO3. The maximum atomic E-state index is 12.1. The second-order valence-electron chi connectivity index (χ2n) is 5.05. The van der Waals surface area contributed by atoms with Crippen LogP contribution in [0.5, 0.6) is 0 Å². The van der Waals surface area contributed by atoms with Gasteiger partial charge in [-0.2, -0.15) is 0 Å². The molecule has 90 valence electrons. The number of rotatable bonds is 2. The summed E-state index contributed by atoms with van der Waals surface area (Å²) in [6.07, 6.45) is 4.44. The maximum absolute atomic E-state index is 12.1. The molecule has 4 heteroatoms.